The van der Waals surface area contributed by atoms with Crippen LogP contribution in [0.15, 0.2) is 36.5 Å². The van der Waals surface area contributed by atoms with E-state index < -0.39 is 0 Å². The smallest absolute Gasteiger partial charge is 0.246 e. The molecule has 0 saturated heterocycles. The number of amides is 1. The van der Waals surface area contributed by atoms with Gasteiger partial charge in [-0.1, -0.05) is 11.6 Å². The van der Waals surface area contributed by atoms with Crippen LogP contribution in [0.1, 0.15) is 11.1 Å². The van der Waals surface area contributed by atoms with Gasteiger partial charge in [0.2, 0.25) is 11.7 Å². The minimum Gasteiger partial charge on any atom is -0.493 e. The normalized spacial score (nSPS) is 11.7. The number of ether oxygens (including phenoxy) is 4. The number of nitrogens with zero attached hydrogens (tertiary/aromatic N) is 2. The summed E-state index contributed by atoms with van der Waals surface area (Å²) >= 11 is 0. The Bertz CT molecular complexity index is 1080. The van der Waals surface area contributed by atoms with E-state index in [1.54, 1.807) is 23.0 Å². The van der Waals surface area contributed by atoms with Crippen LogP contribution in [0.25, 0.3) is 11.3 Å². The Kier molecular flexibility index (Phi) is 5.22. The van der Waals surface area contributed by atoms with Crippen LogP contribution in [0, 0.1) is 6.92 Å². The quantitative estimate of drug-likeness (QED) is 0.672. The van der Waals surface area contributed by atoms with Crippen LogP contribution < -0.4 is 24.3 Å². The molecule has 0 bridgehead atoms. The van der Waals surface area contributed by atoms with Crippen molar-refractivity contribution in [2.24, 2.45) is 0 Å². The van der Waals surface area contributed by atoms with Gasteiger partial charge in [-0.05, 0) is 19.1 Å². The molecule has 8 heteroatoms. The van der Waals surface area contributed by atoms with Crippen LogP contribution in [-0.2, 0) is 17.9 Å². The fourth-order valence-electron chi connectivity index (χ4n) is 3.56. The Morgan fingerprint density at radius 3 is 2.53 bits per heavy atom. The average Bonchev–Trinajstić information content (AvgIpc) is 3.15. The molecule has 3 aromatic rings. The van der Waals surface area contributed by atoms with Crippen LogP contribution >= 0.6 is 0 Å². The molecule has 30 heavy (non-hydrogen) atoms. The molecule has 0 aliphatic carbocycles. The van der Waals surface area contributed by atoms with Gasteiger partial charge in [-0.3, -0.25) is 9.48 Å². The molecule has 0 unspecified atom stereocenters. The van der Waals surface area contributed by atoms with E-state index in [0.717, 1.165) is 28.1 Å². The third-order valence-electron chi connectivity index (χ3n) is 4.93. The molecular weight excluding hydrogens is 386 g/mol. The third-order valence-corrected chi connectivity index (χ3v) is 4.93. The van der Waals surface area contributed by atoms with Crippen LogP contribution in [0.3, 0.4) is 0 Å². The number of hydrogen-bond donors (Lipinski definition) is 1. The predicted molar refractivity (Wildman–Crippen MR) is 111 cm³/mol. The molecule has 0 spiro atoms. The standard InChI is InChI=1S/C22H23N3O5/c1-13-5-6-17-16(7-13)21-14(12-30-17)10-23-25(21)11-20(26)24-15-8-18(27-2)22(29-4)19(9-15)28-3/h5-10H,11-12H2,1-4H3,(H,24,26). The highest BCUT2D eigenvalue weighted by Gasteiger charge is 2.23. The van der Waals surface area contributed by atoms with E-state index in [-0.39, 0.29) is 12.5 Å². The van der Waals surface area contributed by atoms with E-state index in [2.05, 4.69) is 10.4 Å². The highest BCUT2D eigenvalue weighted by atomic mass is 16.5. The fourth-order valence-corrected chi connectivity index (χ4v) is 3.56. The van der Waals surface area contributed by atoms with Crippen molar-refractivity contribution in [3.05, 3.63) is 47.7 Å². The maximum absolute atomic E-state index is 12.8. The van der Waals surface area contributed by atoms with Gasteiger partial charge in [0.1, 0.15) is 18.9 Å². The highest BCUT2D eigenvalue weighted by Crippen LogP contribution is 2.40. The molecular formula is C22H23N3O5. The summed E-state index contributed by atoms with van der Waals surface area (Å²) < 4.78 is 23.5. The number of anilines is 1. The van der Waals surface area contributed by atoms with Gasteiger partial charge in [0.05, 0.1) is 33.2 Å². The lowest BCUT2D eigenvalue weighted by atomic mass is 10.0. The second-order valence-electron chi connectivity index (χ2n) is 6.93. The molecule has 0 fully saturated rings. The first-order valence-corrected chi connectivity index (χ1v) is 9.42. The second-order valence-corrected chi connectivity index (χ2v) is 6.93. The number of carbonyl (C=O) groups is 1. The first-order chi connectivity index (χ1) is 14.5. The molecule has 2 heterocycles. The van der Waals surface area contributed by atoms with Crippen molar-refractivity contribution in [2.75, 3.05) is 26.6 Å². The SMILES string of the molecule is COc1cc(NC(=O)Cn2ncc3c2-c2cc(C)ccc2OC3)cc(OC)c1OC. The number of nitrogens with one attached hydrogen (secondary N) is 1. The first-order valence-electron chi connectivity index (χ1n) is 9.42. The van der Waals surface area contributed by atoms with Gasteiger partial charge in [0.25, 0.3) is 0 Å². The van der Waals surface area contributed by atoms with Crippen molar-refractivity contribution >= 4 is 11.6 Å². The van der Waals surface area contributed by atoms with Crippen molar-refractivity contribution < 1.29 is 23.7 Å². The van der Waals surface area contributed by atoms with E-state index in [4.69, 9.17) is 18.9 Å². The molecule has 1 amide bonds. The minimum atomic E-state index is -0.226. The molecule has 2 aromatic carbocycles. The number of rotatable bonds is 6. The van der Waals surface area contributed by atoms with Crippen molar-refractivity contribution in [1.82, 2.24) is 9.78 Å². The Hall–Kier alpha value is -3.68. The van der Waals surface area contributed by atoms with Gasteiger partial charge < -0.3 is 24.3 Å². The molecule has 0 saturated carbocycles. The summed E-state index contributed by atoms with van der Waals surface area (Å²) in [5, 5.41) is 7.29. The number of methoxy groups -OCH3 is 3. The summed E-state index contributed by atoms with van der Waals surface area (Å²) in [4.78, 5) is 12.8. The van der Waals surface area contributed by atoms with E-state index in [0.29, 0.717) is 29.5 Å². The molecule has 1 aliphatic heterocycles. The summed E-state index contributed by atoms with van der Waals surface area (Å²) in [7, 11) is 4.59. The number of aromatic nitrogens is 2. The molecule has 1 N–H and O–H groups in total. The van der Waals surface area contributed by atoms with Crippen molar-refractivity contribution in [2.45, 2.75) is 20.1 Å². The van der Waals surface area contributed by atoms with Crippen molar-refractivity contribution in [1.29, 1.82) is 0 Å². The predicted octanol–water partition coefficient (Wildman–Crippen LogP) is 3.42. The number of carbonyl (C=O) groups excluding carboxylic acids is 1. The Labute approximate surface area is 174 Å². The van der Waals surface area contributed by atoms with Crippen molar-refractivity contribution in [3.8, 4) is 34.3 Å². The molecule has 1 aromatic heterocycles. The monoisotopic (exact) mass is 409 g/mol. The fraction of sp³-hybridized carbons (Fsp3) is 0.273. The molecule has 156 valence electrons. The van der Waals surface area contributed by atoms with Crippen LogP contribution in [-0.4, -0.2) is 37.0 Å². The topological polar surface area (TPSA) is 83.8 Å². The zero-order chi connectivity index (χ0) is 21.3. The van der Waals surface area contributed by atoms with Gasteiger partial charge in [-0.2, -0.15) is 5.10 Å². The van der Waals surface area contributed by atoms with E-state index in [1.807, 2.05) is 25.1 Å². The largest absolute Gasteiger partial charge is 0.493 e. The third kappa shape index (κ3) is 3.52. The highest BCUT2D eigenvalue weighted by molar-refractivity contribution is 5.92. The molecule has 1 aliphatic rings. The van der Waals surface area contributed by atoms with Crippen LogP contribution in [0.2, 0.25) is 0 Å². The second kappa shape index (κ2) is 7.98. The van der Waals surface area contributed by atoms with Gasteiger partial charge in [0, 0.05) is 28.9 Å². The number of fused-ring (bicyclic) bond motifs is 3. The number of aryl methyl sites for hydroxylation is 1. The van der Waals surface area contributed by atoms with Crippen LogP contribution in [0.5, 0.6) is 23.0 Å². The summed E-state index contributed by atoms with van der Waals surface area (Å²) in [5.41, 5.74) is 4.44. The lowest BCUT2D eigenvalue weighted by molar-refractivity contribution is -0.116. The molecule has 0 atom stereocenters. The maximum Gasteiger partial charge on any atom is 0.246 e. The van der Waals surface area contributed by atoms with E-state index >= 15 is 0 Å². The maximum atomic E-state index is 12.8. The van der Waals surface area contributed by atoms with E-state index in [1.165, 1.54) is 21.3 Å². The summed E-state index contributed by atoms with van der Waals surface area (Å²) in [5.74, 6) is 1.96. The van der Waals surface area contributed by atoms with Gasteiger partial charge >= 0.3 is 0 Å². The zero-order valence-corrected chi connectivity index (χ0v) is 17.3. The average molecular weight is 409 g/mol. The van der Waals surface area contributed by atoms with Gasteiger partial charge in [-0.25, -0.2) is 0 Å². The molecule has 8 nitrogen and oxygen atoms in total. The van der Waals surface area contributed by atoms with Gasteiger partial charge in [0.15, 0.2) is 11.5 Å². The molecule has 0 radical (unpaired) electrons. The van der Waals surface area contributed by atoms with E-state index in [9.17, 15) is 4.79 Å². The minimum absolute atomic E-state index is 0.0549. The lowest BCUT2D eigenvalue weighted by Crippen LogP contribution is -2.21. The summed E-state index contributed by atoms with van der Waals surface area (Å²) in [6.07, 6.45) is 1.74. The van der Waals surface area contributed by atoms with Crippen molar-refractivity contribution in [3.63, 3.8) is 0 Å². The Morgan fingerprint density at radius 2 is 1.87 bits per heavy atom. The number of benzene rings is 2. The zero-order valence-electron chi connectivity index (χ0n) is 17.3. The Balaban J connectivity index is 1.59. The first kappa shape index (κ1) is 19.6. The Morgan fingerprint density at radius 1 is 1.13 bits per heavy atom. The number of hydrogen-bond acceptors (Lipinski definition) is 6. The van der Waals surface area contributed by atoms with Crippen LogP contribution in [0.4, 0.5) is 5.69 Å². The van der Waals surface area contributed by atoms with Gasteiger partial charge in [-0.15, -0.1) is 0 Å². The lowest BCUT2D eigenvalue weighted by Gasteiger charge is -2.20. The summed E-state index contributed by atoms with van der Waals surface area (Å²) in [6, 6.07) is 9.36. The molecule has 4 rings (SSSR count). The summed E-state index contributed by atoms with van der Waals surface area (Å²) in [6.45, 7) is 2.51.